The highest BCUT2D eigenvalue weighted by Crippen LogP contribution is 2.20. The fraction of sp³-hybridized carbons (Fsp3) is 0.571. The van der Waals surface area contributed by atoms with Gasteiger partial charge in [0.25, 0.3) is 0 Å². The summed E-state index contributed by atoms with van der Waals surface area (Å²) in [4.78, 5) is 0.293. The number of hydrogen-bond acceptors (Lipinski definition) is 4. The van der Waals surface area contributed by atoms with E-state index in [1.54, 1.807) is 25.3 Å². The van der Waals surface area contributed by atoms with E-state index in [9.17, 15) is 8.42 Å². The fourth-order valence-electron chi connectivity index (χ4n) is 2.49. The van der Waals surface area contributed by atoms with E-state index in [0.717, 1.165) is 31.2 Å². The summed E-state index contributed by atoms with van der Waals surface area (Å²) < 4.78 is 32.5. The van der Waals surface area contributed by atoms with E-state index in [4.69, 9.17) is 10.5 Å². The topological polar surface area (TPSA) is 81.4 Å². The average Bonchev–Trinajstić information content (AvgIpc) is 2.42. The van der Waals surface area contributed by atoms with Gasteiger partial charge in [-0.05, 0) is 43.4 Å². The molecule has 0 aliphatic heterocycles. The van der Waals surface area contributed by atoms with E-state index in [1.165, 1.54) is 0 Å². The summed E-state index contributed by atoms with van der Waals surface area (Å²) in [5.74, 6) is 0. The van der Waals surface area contributed by atoms with Gasteiger partial charge in [-0.2, -0.15) is 0 Å². The lowest BCUT2D eigenvalue weighted by atomic mass is 9.93. The molecule has 1 saturated carbocycles. The third-order valence-corrected chi connectivity index (χ3v) is 5.13. The van der Waals surface area contributed by atoms with Crippen molar-refractivity contribution in [2.24, 2.45) is 5.73 Å². The van der Waals surface area contributed by atoms with Crippen molar-refractivity contribution in [2.75, 3.05) is 7.11 Å². The summed E-state index contributed by atoms with van der Waals surface area (Å²) in [5.41, 5.74) is 6.68. The van der Waals surface area contributed by atoms with Crippen LogP contribution in [0.3, 0.4) is 0 Å². The zero-order valence-corrected chi connectivity index (χ0v) is 13.8. The van der Waals surface area contributed by atoms with Crippen molar-refractivity contribution in [3.05, 3.63) is 29.8 Å². The summed E-state index contributed by atoms with van der Waals surface area (Å²) in [6.45, 7) is 0.404. The molecule has 0 aromatic heterocycles. The van der Waals surface area contributed by atoms with E-state index in [2.05, 4.69) is 4.72 Å². The first-order chi connectivity index (χ1) is 9.51. The van der Waals surface area contributed by atoms with Crippen LogP contribution in [0.15, 0.2) is 29.2 Å². The molecule has 1 fully saturated rings. The van der Waals surface area contributed by atoms with Gasteiger partial charge in [-0.15, -0.1) is 12.4 Å². The molecular weight excluding hydrogens is 312 g/mol. The quantitative estimate of drug-likeness (QED) is 0.860. The Kier molecular flexibility index (Phi) is 7.09. The molecule has 2 rings (SSSR count). The average molecular weight is 335 g/mol. The van der Waals surface area contributed by atoms with Crippen molar-refractivity contribution in [3.8, 4) is 0 Å². The molecule has 0 heterocycles. The van der Waals surface area contributed by atoms with Crippen LogP contribution in [-0.4, -0.2) is 27.6 Å². The lowest BCUT2D eigenvalue weighted by Crippen LogP contribution is -2.40. The molecule has 1 aliphatic rings. The molecule has 0 spiro atoms. The smallest absolute Gasteiger partial charge is 0.240 e. The Hall–Kier alpha value is -0.660. The van der Waals surface area contributed by atoms with Gasteiger partial charge in [0.15, 0.2) is 0 Å². The Morgan fingerprint density at radius 2 is 1.95 bits per heavy atom. The summed E-state index contributed by atoms with van der Waals surface area (Å²) >= 11 is 0. The van der Waals surface area contributed by atoms with Crippen molar-refractivity contribution >= 4 is 22.4 Å². The monoisotopic (exact) mass is 334 g/mol. The third kappa shape index (κ3) is 5.23. The number of rotatable bonds is 5. The molecule has 0 bridgehead atoms. The van der Waals surface area contributed by atoms with Gasteiger partial charge >= 0.3 is 0 Å². The van der Waals surface area contributed by atoms with Gasteiger partial charge in [-0.1, -0.05) is 12.1 Å². The van der Waals surface area contributed by atoms with Crippen LogP contribution in [0.5, 0.6) is 0 Å². The Labute approximate surface area is 132 Å². The van der Waals surface area contributed by atoms with Crippen molar-refractivity contribution in [1.29, 1.82) is 0 Å². The van der Waals surface area contributed by atoms with E-state index in [0.29, 0.717) is 11.5 Å². The number of ether oxygens (including phenoxy) is 1. The molecule has 0 radical (unpaired) electrons. The summed E-state index contributed by atoms with van der Waals surface area (Å²) in [6.07, 6.45) is 3.35. The lowest BCUT2D eigenvalue weighted by Gasteiger charge is -2.26. The standard InChI is InChI=1S/C14H22N2O3S.ClH/c1-19-10-11-3-2-4-14(9-11)20(17,18)16-13-7-5-12(15)6-8-13;/h2-4,9,12-13,16H,5-8,10,15H2,1H3;1H. The predicted octanol–water partition coefficient (Wildman–Crippen LogP) is 1.80. The third-order valence-electron chi connectivity index (χ3n) is 3.61. The van der Waals surface area contributed by atoms with Gasteiger partial charge in [0.1, 0.15) is 0 Å². The van der Waals surface area contributed by atoms with Crippen LogP contribution >= 0.6 is 12.4 Å². The van der Waals surface area contributed by atoms with Crippen LogP contribution in [0.4, 0.5) is 0 Å². The maximum atomic E-state index is 12.4. The SMILES string of the molecule is COCc1cccc(S(=O)(=O)NC2CCC(N)CC2)c1.Cl. The molecular formula is C14H23ClN2O3S. The molecule has 1 aromatic rings. The first-order valence-electron chi connectivity index (χ1n) is 6.87. The number of hydrogen-bond donors (Lipinski definition) is 2. The predicted molar refractivity (Wildman–Crippen MR) is 85.0 cm³/mol. The number of nitrogens with two attached hydrogens (primary N) is 1. The minimum Gasteiger partial charge on any atom is -0.380 e. The molecule has 120 valence electrons. The highest BCUT2D eigenvalue weighted by atomic mass is 35.5. The van der Waals surface area contributed by atoms with Gasteiger partial charge in [0.05, 0.1) is 11.5 Å². The van der Waals surface area contributed by atoms with Crippen molar-refractivity contribution in [1.82, 2.24) is 4.72 Å². The molecule has 1 aliphatic carbocycles. The van der Waals surface area contributed by atoms with Crippen LogP contribution in [0.25, 0.3) is 0 Å². The maximum absolute atomic E-state index is 12.4. The molecule has 21 heavy (non-hydrogen) atoms. The molecule has 0 amide bonds. The molecule has 3 N–H and O–H groups in total. The van der Waals surface area contributed by atoms with Crippen LogP contribution in [-0.2, 0) is 21.4 Å². The first-order valence-corrected chi connectivity index (χ1v) is 8.35. The van der Waals surface area contributed by atoms with E-state index in [1.807, 2.05) is 6.07 Å². The van der Waals surface area contributed by atoms with Gasteiger partial charge < -0.3 is 10.5 Å². The molecule has 1 aromatic carbocycles. The maximum Gasteiger partial charge on any atom is 0.240 e. The number of nitrogens with one attached hydrogen (secondary N) is 1. The van der Waals surface area contributed by atoms with Crippen LogP contribution < -0.4 is 10.5 Å². The number of halogens is 1. The minimum absolute atomic E-state index is 0. The largest absolute Gasteiger partial charge is 0.380 e. The Balaban J connectivity index is 0.00000220. The van der Waals surface area contributed by atoms with Gasteiger partial charge in [-0.3, -0.25) is 0 Å². The second kappa shape index (κ2) is 8.10. The van der Waals surface area contributed by atoms with Gasteiger partial charge in [-0.25, -0.2) is 13.1 Å². The normalized spacial score (nSPS) is 22.6. The zero-order valence-electron chi connectivity index (χ0n) is 12.1. The van der Waals surface area contributed by atoms with Gasteiger partial charge in [0, 0.05) is 19.2 Å². The molecule has 0 saturated heterocycles. The highest BCUT2D eigenvalue weighted by Gasteiger charge is 2.24. The van der Waals surface area contributed by atoms with Crippen molar-refractivity contribution < 1.29 is 13.2 Å². The van der Waals surface area contributed by atoms with Crippen molar-refractivity contribution in [2.45, 2.75) is 49.3 Å². The second-order valence-electron chi connectivity index (χ2n) is 5.31. The fourth-order valence-corrected chi connectivity index (χ4v) is 3.87. The van der Waals surface area contributed by atoms with Crippen LogP contribution in [0, 0.1) is 0 Å². The zero-order chi connectivity index (χ0) is 14.6. The van der Waals surface area contributed by atoms with E-state index < -0.39 is 10.0 Å². The highest BCUT2D eigenvalue weighted by molar-refractivity contribution is 7.89. The van der Waals surface area contributed by atoms with E-state index in [-0.39, 0.29) is 24.5 Å². The lowest BCUT2D eigenvalue weighted by molar-refractivity contribution is 0.184. The van der Waals surface area contributed by atoms with Crippen LogP contribution in [0.1, 0.15) is 31.2 Å². The number of benzene rings is 1. The number of methoxy groups -OCH3 is 1. The molecule has 7 heteroatoms. The van der Waals surface area contributed by atoms with Gasteiger partial charge in [0.2, 0.25) is 10.0 Å². The summed E-state index contributed by atoms with van der Waals surface area (Å²) in [7, 11) is -1.88. The van der Waals surface area contributed by atoms with E-state index >= 15 is 0 Å². The first kappa shape index (κ1) is 18.4. The molecule has 0 atom stereocenters. The second-order valence-corrected chi connectivity index (χ2v) is 7.03. The Morgan fingerprint density at radius 3 is 2.57 bits per heavy atom. The Bertz CT molecular complexity index is 543. The minimum atomic E-state index is -3.46. The molecule has 0 unspecified atom stereocenters. The summed E-state index contributed by atoms with van der Waals surface area (Å²) in [6, 6.07) is 7.05. The molecule has 5 nitrogen and oxygen atoms in total. The number of sulfonamides is 1. The van der Waals surface area contributed by atoms with Crippen molar-refractivity contribution in [3.63, 3.8) is 0 Å². The Morgan fingerprint density at radius 1 is 1.29 bits per heavy atom. The van der Waals surface area contributed by atoms with Crippen LogP contribution in [0.2, 0.25) is 0 Å². The summed E-state index contributed by atoms with van der Waals surface area (Å²) in [5, 5.41) is 0.